The summed E-state index contributed by atoms with van der Waals surface area (Å²) < 4.78 is 18.5. The minimum atomic E-state index is -0.987. The van der Waals surface area contributed by atoms with Gasteiger partial charge in [0.25, 0.3) is 5.91 Å². The molecule has 0 aromatic heterocycles. The first-order chi connectivity index (χ1) is 28.1. The van der Waals surface area contributed by atoms with E-state index in [4.69, 9.17) is 14.2 Å². The Hall–Kier alpha value is -5.69. The maximum Gasteiger partial charge on any atom is 0.408 e. The van der Waals surface area contributed by atoms with Gasteiger partial charge in [-0.1, -0.05) is 127 Å². The smallest absolute Gasteiger partial charge is 0.408 e. The van der Waals surface area contributed by atoms with Gasteiger partial charge in [-0.15, -0.1) is 0 Å². The molecule has 0 aliphatic carbocycles. The highest BCUT2D eigenvalue weighted by atomic mass is 16.7. The molecule has 0 radical (unpaired) electrons. The fourth-order valence-electron chi connectivity index (χ4n) is 7.42. The number of imide groups is 1. The van der Waals surface area contributed by atoms with E-state index in [1.807, 2.05) is 147 Å². The highest BCUT2D eigenvalue weighted by Crippen LogP contribution is 2.39. The molecule has 3 N–H and O–H groups in total. The zero-order chi connectivity index (χ0) is 40.6. The number of hydrogen-bond acceptors (Lipinski definition) is 9. The molecule has 5 aromatic carbocycles. The normalized spacial score (nSPS) is 20.5. The van der Waals surface area contributed by atoms with Gasteiger partial charge in [0.2, 0.25) is 5.91 Å². The summed E-state index contributed by atoms with van der Waals surface area (Å²) in [6.07, 6.45) is -2.08. The lowest BCUT2D eigenvalue weighted by Gasteiger charge is -2.39. The number of aliphatic hydroxyl groups excluding tert-OH is 2. The molecule has 0 bridgehead atoms. The highest BCUT2D eigenvalue weighted by molar-refractivity contribution is 6.06. The molecule has 2 heterocycles. The van der Waals surface area contributed by atoms with Crippen LogP contribution in [0.2, 0.25) is 0 Å². The molecule has 300 valence electrons. The molecule has 2 aliphatic rings. The fraction of sp³-hybridized carbons (Fsp3) is 0.298. The number of carbonyl (C=O) groups is 3. The van der Waals surface area contributed by atoms with Gasteiger partial charge in [-0.2, -0.15) is 0 Å². The first-order valence-corrected chi connectivity index (χ1v) is 19.6. The summed E-state index contributed by atoms with van der Waals surface area (Å²) in [5, 5.41) is 23.3. The van der Waals surface area contributed by atoms with Crippen LogP contribution in [0.25, 0.3) is 11.1 Å². The Bertz CT molecular complexity index is 2150. The number of carbonyl (C=O) groups excluding carboxylic acids is 3. The third-order valence-electron chi connectivity index (χ3n) is 10.9. The van der Waals surface area contributed by atoms with Crippen molar-refractivity contribution in [1.82, 2.24) is 15.1 Å². The first-order valence-electron chi connectivity index (χ1n) is 19.6. The van der Waals surface area contributed by atoms with E-state index in [2.05, 4.69) is 10.2 Å². The average molecular weight is 784 g/mol. The summed E-state index contributed by atoms with van der Waals surface area (Å²) in [6.45, 7) is 2.66. The zero-order valence-corrected chi connectivity index (χ0v) is 32.6. The molecule has 1 unspecified atom stereocenters. The Labute approximate surface area is 338 Å². The Balaban J connectivity index is 1.01. The number of likely N-dealkylation sites (tertiary alicyclic amines) is 1. The molecule has 3 amide bonds. The van der Waals surface area contributed by atoms with E-state index in [1.165, 1.54) is 4.90 Å². The molecule has 0 saturated carbocycles. The van der Waals surface area contributed by atoms with Crippen LogP contribution in [0.15, 0.2) is 133 Å². The summed E-state index contributed by atoms with van der Waals surface area (Å²) in [5.74, 6) is -0.840. The van der Waals surface area contributed by atoms with Crippen LogP contribution in [0.3, 0.4) is 0 Å². The van der Waals surface area contributed by atoms with Crippen molar-refractivity contribution < 1.29 is 38.8 Å². The number of amides is 3. The van der Waals surface area contributed by atoms with Gasteiger partial charge < -0.3 is 29.7 Å². The Morgan fingerprint density at radius 2 is 1.50 bits per heavy atom. The van der Waals surface area contributed by atoms with Gasteiger partial charge in [0.15, 0.2) is 6.29 Å². The minimum Gasteiger partial charge on any atom is -0.445 e. The number of ether oxygens (including phenoxy) is 3. The molecule has 0 spiro atoms. The maximum atomic E-state index is 13.2. The molecule has 11 heteroatoms. The van der Waals surface area contributed by atoms with Gasteiger partial charge in [0.1, 0.15) is 12.6 Å². The minimum absolute atomic E-state index is 0.0395. The third kappa shape index (κ3) is 9.87. The van der Waals surface area contributed by atoms with E-state index in [9.17, 15) is 24.6 Å². The third-order valence-corrected chi connectivity index (χ3v) is 10.9. The number of likely N-dealkylation sites (N-methyl/N-ethyl adjacent to an activating group) is 1. The van der Waals surface area contributed by atoms with E-state index in [0.717, 1.165) is 44.5 Å². The molecular formula is C47H49N3O8. The maximum absolute atomic E-state index is 13.2. The van der Waals surface area contributed by atoms with E-state index in [0.29, 0.717) is 13.0 Å². The lowest BCUT2D eigenvalue weighted by molar-refractivity contribution is -0.253. The van der Waals surface area contributed by atoms with Gasteiger partial charge >= 0.3 is 6.09 Å². The predicted octanol–water partition coefficient (Wildman–Crippen LogP) is 7.00. The van der Waals surface area contributed by atoms with E-state index >= 15 is 0 Å². The number of benzene rings is 5. The highest BCUT2D eigenvalue weighted by Gasteiger charge is 2.40. The molecule has 5 aromatic rings. The first kappa shape index (κ1) is 40.5. The van der Waals surface area contributed by atoms with Crippen molar-refractivity contribution in [2.45, 2.75) is 76.2 Å². The van der Waals surface area contributed by atoms with Crippen LogP contribution < -0.4 is 5.32 Å². The number of aliphatic hydroxyl groups is 2. The second kappa shape index (κ2) is 18.7. The average Bonchev–Trinajstić information content (AvgIpc) is 3.52. The zero-order valence-electron chi connectivity index (χ0n) is 32.6. The van der Waals surface area contributed by atoms with Crippen LogP contribution in [-0.2, 0) is 43.6 Å². The quantitative estimate of drug-likeness (QED) is 0.102. The summed E-state index contributed by atoms with van der Waals surface area (Å²) in [7, 11) is 1.99. The van der Waals surface area contributed by atoms with E-state index in [-0.39, 0.29) is 50.3 Å². The van der Waals surface area contributed by atoms with Crippen molar-refractivity contribution >= 4 is 17.9 Å². The van der Waals surface area contributed by atoms with Crippen LogP contribution in [-0.4, -0.2) is 69.7 Å². The fourth-order valence-corrected chi connectivity index (χ4v) is 7.42. The van der Waals surface area contributed by atoms with E-state index in [1.54, 1.807) is 0 Å². The Morgan fingerprint density at radius 1 is 0.828 bits per heavy atom. The molecule has 7 rings (SSSR count). The SMILES string of the molecule is C[C@H]([C@@H](O)c1ccccc1)N(C)C[C@H]1C[C@@H](c2ccc(CO)cc2)O[C@@H](c2ccc(-c3cccc(CN4C(=O)CC(NC(=O)OCc5ccccc5)C4=O)c3)cc2)O1. The largest absolute Gasteiger partial charge is 0.445 e. The molecule has 2 fully saturated rings. The monoisotopic (exact) mass is 783 g/mol. The van der Waals surface area contributed by atoms with E-state index < -0.39 is 30.4 Å². The topological polar surface area (TPSA) is 138 Å². The van der Waals surface area contributed by atoms with Crippen molar-refractivity contribution in [1.29, 1.82) is 0 Å². The molecule has 2 aliphatic heterocycles. The number of nitrogens with one attached hydrogen (secondary N) is 1. The molecule has 2 saturated heterocycles. The number of alkyl carbamates (subject to hydrolysis) is 1. The predicted molar refractivity (Wildman–Crippen MR) is 218 cm³/mol. The standard InChI is InChI=1S/C47H49N3O8/c1-31(44(53)37-13-7-4-8-14-37)49(2)28-40-25-42(36-18-16-32(29-51)17-19-36)58-46(57-40)38-22-20-35(21-23-38)39-15-9-12-34(24-39)27-50-43(52)26-41(45(50)54)48-47(55)56-30-33-10-5-3-6-11-33/h3-24,31,40-42,44,46,51,53H,25-30H2,1-2H3,(H,48,55)/t31-,40-,41?,42+,44-,46+/m1/s1. The van der Waals surface area contributed by atoms with Crippen LogP contribution >= 0.6 is 0 Å². The molecule has 11 nitrogen and oxygen atoms in total. The summed E-state index contributed by atoms with van der Waals surface area (Å²) in [5.41, 5.74) is 6.93. The summed E-state index contributed by atoms with van der Waals surface area (Å²) >= 11 is 0. The second-order valence-corrected chi connectivity index (χ2v) is 15.0. The lowest BCUT2D eigenvalue weighted by Crippen LogP contribution is -2.43. The van der Waals surface area contributed by atoms with Crippen LogP contribution in [0.1, 0.15) is 71.6 Å². The van der Waals surface area contributed by atoms with Crippen molar-refractivity contribution in [3.05, 3.63) is 167 Å². The lowest BCUT2D eigenvalue weighted by atomic mass is 9.98. The molecule has 6 atom stereocenters. The summed E-state index contributed by atoms with van der Waals surface area (Å²) in [4.78, 5) is 41.8. The number of nitrogens with zero attached hydrogens (tertiary/aromatic N) is 2. The number of rotatable bonds is 14. The van der Waals surface area contributed by atoms with Gasteiger partial charge in [-0.05, 0) is 59.0 Å². The van der Waals surface area contributed by atoms with Gasteiger partial charge in [-0.25, -0.2) is 4.79 Å². The van der Waals surface area contributed by atoms with Crippen LogP contribution in [0, 0.1) is 0 Å². The Morgan fingerprint density at radius 3 is 2.21 bits per heavy atom. The van der Waals surface area contributed by atoms with Gasteiger partial charge in [0.05, 0.1) is 37.9 Å². The summed E-state index contributed by atoms with van der Waals surface area (Å²) in [6, 6.07) is 41.1. The van der Waals surface area contributed by atoms with Crippen molar-refractivity contribution in [3.63, 3.8) is 0 Å². The van der Waals surface area contributed by atoms with Crippen molar-refractivity contribution in [2.75, 3.05) is 13.6 Å². The number of hydrogen-bond donors (Lipinski definition) is 3. The van der Waals surface area contributed by atoms with Crippen molar-refractivity contribution in [2.24, 2.45) is 0 Å². The molecule has 58 heavy (non-hydrogen) atoms. The molecular weight excluding hydrogens is 735 g/mol. The van der Waals surface area contributed by atoms with Crippen LogP contribution in [0.4, 0.5) is 4.79 Å². The van der Waals surface area contributed by atoms with Crippen molar-refractivity contribution in [3.8, 4) is 11.1 Å². The second-order valence-electron chi connectivity index (χ2n) is 15.0. The van der Waals surface area contributed by atoms with Crippen LogP contribution in [0.5, 0.6) is 0 Å². The van der Waals surface area contributed by atoms with Gasteiger partial charge in [0, 0.05) is 24.6 Å². The van der Waals surface area contributed by atoms with Gasteiger partial charge in [-0.3, -0.25) is 19.4 Å². The Kier molecular flexibility index (Phi) is 13.1.